The molecule has 2 unspecified atom stereocenters. The summed E-state index contributed by atoms with van der Waals surface area (Å²) in [6.45, 7) is 3.95. The van der Waals surface area contributed by atoms with Gasteiger partial charge in [-0.2, -0.15) is 0 Å². The molecule has 0 spiro atoms. The first-order valence-electron chi connectivity index (χ1n) is 6.16. The van der Waals surface area contributed by atoms with Crippen LogP contribution in [0.3, 0.4) is 0 Å². The van der Waals surface area contributed by atoms with Gasteiger partial charge in [0.05, 0.1) is 0 Å². The second-order valence-electron chi connectivity index (χ2n) is 4.75. The third-order valence-corrected chi connectivity index (χ3v) is 3.52. The average molecular weight is 221 g/mol. The summed E-state index contributed by atoms with van der Waals surface area (Å²) in [6, 6.07) is 8.10. The van der Waals surface area contributed by atoms with Crippen molar-refractivity contribution >= 4 is 0 Å². The zero-order valence-electron chi connectivity index (χ0n) is 9.88. The molecule has 1 aromatic carbocycles. The summed E-state index contributed by atoms with van der Waals surface area (Å²) in [6.07, 6.45) is 2.01. The summed E-state index contributed by atoms with van der Waals surface area (Å²) in [4.78, 5) is 0. The molecule has 2 heteroatoms. The monoisotopic (exact) mass is 221 g/mol. The van der Waals surface area contributed by atoms with E-state index in [4.69, 9.17) is 0 Å². The zero-order chi connectivity index (χ0) is 11.4. The fraction of sp³-hybridized carbons (Fsp3) is 0.571. The van der Waals surface area contributed by atoms with E-state index in [0.717, 1.165) is 31.5 Å². The highest BCUT2D eigenvalue weighted by Crippen LogP contribution is 2.21. The van der Waals surface area contributed by atoms with Crippen LogP contribution < -0.4 is 5.32 Å². The first kappa shape index (κ1) is 11.6. The maximum absolute atomic E-state index is 14.1. The highest BCUT2D eigenvalue weighted by molar-refractivity contribution is 5.26. The van der Waals surface area contributed by atoms with E-state index in [9.17, 15) is 4.39 Å². The molecule has 1 N–H and O–H groups in total. The van der Waals surface area contributed by atoms with E-state index in [1.165, 1.54) is 5.56 Å². The van der Waals surface area contributed by atoms with E-state index in [-0.39, 0.29) is 5.92 Å². The number of halogens is 1. The van der Waals surface area contributed by atoms with Crippen LogP contribution in [0.25, 0.3) is 0 Å². The van der Waals surface area contributed by atoms with Crippen molar-refractivity contribution in [3.63, 3.8) is 0 Å². The van der Waals surface area contributed by atoms with Crippen LogP contribution in [0.15, 0.2) is 24.3 Å². The van der Waals surface area contributed by atoms with Gasteiger partial charge in [-0.05, 0) is 37.4 Å². The summed E-state index contributed by atoms with van der Waals surface area (Å²) in [5, 5.41) is 3.28. The summed E-state index contributed by atoms with van der Waals surface area (Å²) in [7, 11) is 0. The summed E-state index contributed by atoms with van der Waals surface area (Å²) in [5.41, 5.74) is 2.36. The molecule has 0 aromatic heterocycles. The van der Waals surface area contributed by atoms with E-state index in [0.29, 0.717) is 6.42 Å². The van der Waals surface area contributed by atoms with Gasteiger partial charge in [-0.25, -0.2) is 4.39 Å². The van der Waals surface area contributed by atoms with E-state index in [1.54, 1.807) is 0 Å². The molecule has 1 aromatic rings. The fourth-order valence-electron chi connectivity index (χ4n) is 2.40. The molecule has 0 bridgehead atoms. The molecule has 2 atom stereocenters. The minimum absolute atomic E-state index is 0.202. The summed E-state index contributed by atoms with van der Waals surface area (Å²) in [5.74, 6) is 0.202. The molecule has 1 saturated heterocycles. The van der Waals surface area contributed by atoms with Crippen LogP contribution in [-0.4, -0.2) is 19.3 Å². The molecule has 1 fully saturated rings. The van der Waals surface area contributed by atoms with Gasteiger partial charge in [0.25, 0.3) is 0 Å². The van der Waals surface area contributed by atoms with Crippen LogP contribution in [0.2, 0.25) is 0 Å². The predicted molar refractivity (Wildman–Crippen MR) is 65.4 cm³/mol. The Labute approximate surface area is 97.1 Å². The number of rotatable bonds is 3. The fourth-order valence-corrected chi connectivity index (χ4v) is 2.40. The Balaban J connectivity index is 1.96. The van der Waals surface area contributed by atoms with E-state index in [2.05, 4.69) is 18.3 Å². The molecule has 1 heterocycles. The second kappa shape index (κ2) is 5.44. The van der Waals surface area contributed by atoms with Crippen LogP contribution in [0.1, 0.15) is 24.0 Å². The summed E-state index contributed by atoms with van der Waals surface area (Å²) >= 11 is 0. The molecule has 0 aliphatic carbocycles. The van der Waals surface area contributed by atoms with Gasteiger partial charge >= 0.3 is 0 Å². The number of aryl methyl sites for hydroxylation is 1. The normalized spacial score (nSPS) is 23.0. The van der Waals surface area contributed by atoms with Crippen molar-refractivity contribution < 1.29 is 4.39 Å². The molecular formula is C14H20FN. The number of alkyl halides is 1. The van der Waals surface area contributed by atoms with Crippen molar-refractivity contribution in [2.24, 2.45) is 5.92 Å². The minimum atomic E-state index is -0.700. The van der Waals surface area contributed by atoms with Crippen LogP contribution in [0.4, 0.5) is 4.39 Å². The van der Waals surface area contributed by atoms with Crippen LogP contribution in [-0.2, 0) is 6.42 Å². The van der Waals surface area contributed by atoms with Crippen molar-refractivity contribution in [2.45, 2.75) is 32.4 Å². The van der Waals surface area contributed by atoms with Gasteiger partial charge < -0.3 is 5.32 Å². The Morgan fingerprint density at radius 2 is 2.25 bits per heavy atom. The Morgan fingerprint density at radius 3 is 2.94 bits per heavy atom. The van der Waals surface area contributed by atoms with Gasteiger partial charge in [-0.15, -0.1) is 0 Å². The Hall–Kier alpha value is -0.890. The number of hydrogen-bond acceptors (Lipinski definition) is 1. The van der Waals surface area contributed by atoms with Gasteiger partial charge in [0.15, 0.2) is 0 Å². The first-order chi connectivity index (χ1) is 7.77. The smallest absolute Gasteiger partial charge is 0.108 e. The van der Waals surface area contributed by atoms with Gasteiger partial charge in [0, 0.05) is 18.9 Å². The highest BCUT2D eigenvalue weighted by Gasteiger charge is 2.23. The molecule has 2 rings (SSSR count). The third-order valence-electron chi connectivity index (χ3n) is 3.52. The maximum Gasteiger partial charge on any atom is 0.108 e. The largest absolute Gasteiger partial charge is 0.316 e. The van der Waals surface area contributed by atoms with Gasteiger partial charge in [0.1, 0.15) is 6.17 Å². The first-order valence-corrected chi connectivity index (χ1v) is 6.16. The molecule has 1 aliphatic rings. The van der Waals surface area contributed by atoms with E-state index in [1.807, 2.05) is 18.2 Å². The second-order valence-corrected chi connectivity index (χ2v) is 4.75. The molecule has 16 heavy (non-hydrogen) atoms. The Morgan fingerprint density at radius 1 is 1.44 bits per heavy atom. The molecule has 0 radical (unpaired) electrons. The van der Waals surface area contributed by atoms with Gasteiger partial charge in [0.2, 0.25) is 0 Å². The van der Waals surface area contributed by atoms with Gasteiger partial charge in [-0.1, -0.05) is 24.3 Å². The molecular weight excluding hydrogens is 201 g/mol. The quantitative estimate of drug-likeness (QED) is 0.827. The van der Waals surface area contributed by atoms with Crippen LogP contribution >= 0.6 is 0 Å². The number of benzene rings is 1. The topological polar surface area (TPSA) is 12.0 Å². The molecule has 0 saturated carbocycles. The van der Waals surface area contributed by atoms with Crippen molar-refractivity contribution in [1.82, 2.24) is 5.32 Å². The molecule has 1 nitrogen and oxygen atoms in total. The van der Waals surface area contributed by atoms with Crippen molar-refractivity contribution in [2.75, 3.05) is 13.1 Å². The summed E-state index contributed by atoms with van der Waals surface area (Å²) < 4.78 is 14.1. The molecule has 1 aliphatic heterocycles. The number of nitrogens with one attached hydrogen (secondary N) is 1. The Kier molecular flexibility index (Phi) is 3.94. The average Bonchev–Trinajstić information content (AvgIpc) is 2.33. The lowest BCUT2D eigenvalue weighted by molar-refractivity contribution is 0.191. The van der Waals surface area contributed by atoms with E-state index < -0.39 is 6.17 Å². The van der Waals surface area contributed by atoms with E-state index >= 15 is 0 Å². The molecule has 88 valence electrons. The standard InChI is InChI=1S/C14H20FN/c1-11-5-2-3-6-12(11)9-14(15)13-7-4-8-16-10-13/h2-3,5-6,13-14,16H,4,7-10H2,1H3. The molecule has 0 amide bonds. The number of piperidine rings is 1. The van der Waals surface area contributed by atoms with Crippen molar-refractivity contribution in [1.29, 1.82) is 0 Å². The Bertz CT molecular complexity index is 331. The minimum Gasteiger partial charge on any atom is -0.316 e. The van der Waals surface area contributed by atoms with Crippen molar-refractivity contribution in [3.8, 4) is 0 Å². The van der Waals surface area contributed by atoms with Crippen LogP contribution in [0.5, 0.6) is 0 Å². The SMILES string of the molecule is Cc1ccccc1CC(F)C1CCCNC1. The lowest BCUT2D eigenvalue weighted by atomic mass is 9.90. The lowest BCUT2D eigenvalue weighted by Gasteiger charge is -2.26. The third kappa shape index (κ3) is 2.82. The predicted octanol–water partition coefficient (Wildman–Crippen LogP) is 2.88. The maximum atomic E-state index is 14.1. The highest BCUT2D eigenvalue weighted by atomic mass is 19.1. The van der Waals surface area contributed by atoms with Gasteiger partial charge in [-0.3, -0.25) is 0 Å². The number of hydrogen-bond donors (Lipinski definition) is 1. The van der Waals surface area contributed by atoms with Crippen LogP contribution in [0, 0.1) is 12.8 Å². The van der Waals surface area contributed by atoms with Crippen molar-refractivity contribution in [3.05, 3.63) is 35.4 Å². The zero-order valence-corrected chi connectivity index (χ0v) is 9.88. The lowest BCUT2D eigenvalue weighted by Crippen LogP contribution is -2.35.